The highest BCUT2D eigenvalue weighted by Crippen LogP contribution is 2.33. The van der Waals surface area contributed by atoms with Gasteiger partial charge in [0.15, 0.2) is 17.7 Å². The highest BCUT2D eigenvalue weighted by Gasteiger charge is 2.33. The third-order valence-electron chi connectivity index (χ3n) is 10.3. The smallest absolute Gasteiger partial charge is 0.324 e. The van der Waals surface area contributed by atoms with Gasteiger partial charge in [0.2, 0.25) is 5.95 Å². The van der Waals surface area contributed by atoms with Crippen LogP contribution in [0.3, 0.4) is 0 Å². The molecule has 3 aromatic carbocycles. The fourth-order valence-electron chi connectivity index (χ4n) is 7.31. The summed E-state index contributed by atoms with van der Waals surface area (Å²) in [4.78, 5) is 58.2. The number of benzene rings is 3. The summed E-state index contributed by atoms with van der Waals surface area (Å²) in [5.74, 6) is -1.35. The molecule has 59 heavy (non-hydrogen) atoms. The van der Waals surface area contributed by atoms with E-state index in [1.54, 1.807) is 36.9 Å². The number of hydrogen-bond acceptors (Lipinski definition) is 11. The molecule has 0 aliphatic carbocycles. The number of aliphatic hydroxyl groups excluding tert-OH is 2. The molecule has 0 bridgehead atoms. The number of rotatable bonds is 10. The standard InChI is InChI=1S/C41H40F2N10O6/c1-41(2,59)32-7-4-8-33(46-32)53-35-28(38(57)52(53)19-20-54)22-44-39(47-35)45-25-10-12-26(13-11-25)49-15-17-50(18-16-49)37(56)27-21-24(9-14-29(27)42)23-51-31-6-3-5-30(43)34(31)36(55)48-40(51)58/h3-14,21-22,36,54-55,59H,15-20,23H2,1-2H3,(H,48,58)(H,44,45,47). The Labute approximate surface area is 335 Å². The minimum Gasteiger partial charge on any atom is -0.394 e. The fraction of sp³-hybridized carbons (Fsp3) is 0.268. The molecule has 16 nitrogen and oxygen atoms in total. The summed E-state index contributed by atoms with van der Waals surface area (Å²) in [6.07, 6.45) is -0.102. The Bertz CT molecular complexity index is 2640. The van der Waals surface area contributed by atoms with Gasteiger partial charge in [0, 0.05) is 43.8 Å². The van der Waals surface area contributed by atoms with Crippen LogP contribution in [-0.2, 0) is 18.7 Å². The monoisotopic (exact) mass is 806 g/mol. The second-order valence-corrected chi connectivity index (χ2v) is 14.7. The van der Waals surface area contributed by atoms with Gasteiger partial charge in [0.1, 0.15) is 22.6 Å². The number of halogens is 2. The molecule has 0 radical (unpaired) electrons. The third-order valence-corrected chi connectivity index (χ3v) is 10.3. The van der Waals surface area contributed by atoms with Crippen LogP contribution in [0.5, 0.6) is 0 Å². The van der Waals surface area contributed by atoms with E-state index in [4.69, 9.17) is 0 Å². The van der Waals surface area contributed by atoms with E-state index in [0.29, 0.717) is 48.9 Å². The Morgan fingerprint density at radius 3 is 2.42 bits per heavy atom. The SMILES string of the molecule is CC(C)(O)c1cccc(-n2c3nc(Nc4ccc(N5CCN(C(=O)c6cc(CN7C(=O)NC(O)c8c(F)cccc87)ccc6F)CC5)cc4)ncc3c(=O)n2CCO)n1. The summed E-state index contributed by atoms with van der Waals surface area (Å²) >= 11 is 0. The lowest BCUT2D eigenvalue weighted by Gasteiger charge is -2.36. The number of piperazine rings is 1. The Hall–Kier alpha value is -6.76. The molecular weight excluding hydrogens is 767 g/mol. The van der Waals surface area contributed by atoms with Gasteiger partial charge in [-0.2, -0.15) is 4.98 Å². The molecule has 1 saturated heterocycles. The molecule has 18 heteroatoms. The van der Waals surface area contributed by atoms with Gasteiger partial charge in [-0.25, -0.2) is 32.9 Å². The van der Waals surface area contributed by atoms with Crippen LogP contribution in [0.1, 0.15) is 47.3 Å². The summed E-state index contributed by atoms with van der Waals surface area (Å²) in [5, 5.41) is 36.3. The van der Waals surface area contributed by atoms with E-state index in [1.165, 1.54) is 56.9 Å². The zero-order valence-corrected chi connectivity index (χ0v) is 32.0. The molecule has 304 valence electrons. The number of pyridine rings is 1. The quantitative estimate of drug-likeness (QED) is 0.135. The normalized spacial score (nSPS) is 15.7. The number of urea groups is 1. The van der Waals surface area contributed by atoms with Crippen LogP contribution in [0, 0.1) is 11.6 Å². The van der Waals surface area contributed by atoms with Gasteiger partial charge < -0.3 is 35.8 Å². The predicted molar refractivity (Wildman–Crippen MR) is 214 cm³/mol. The minimum absolute atomic E-state index is 0.0204. The van der Waals surface area contributed by atoms with E-state index in [-0.39, 0.29) is 53.5 Å². The van der Waals surface area contributed by atoms with Crippen molar-refractivity contribution in [3.63, 3.8) is 0 Å². The lowest BCUT2D eigenvalue weighted by atomic mass is 10.0. The van der Waals surface area contributed by atoms with Crippen LogP contribution in [-0.4, -0.2) is 89.3 Å². The van der Waals surface area contributed by atoms with Gasteiger partial charge in [-0.1, -0.05) is 18.2 Å². The van der Waals surface area contributed by atoms with Crippen molar-refractivity contribution in [1.29, 1.82) is 0 Å². The highest BCUT2D eigenvalue weighted by molar-refractivity contribution is 5.96. The Morgan fingerprint density at radius 2 is 1.69 bits per heavy atom. The topological polar surface area (TPSA) is 194 Å². The van der Waals surface area contributed by atoms with Gasteiger partial charge in [-0.15, -0.1) is 0 Å². The number of fused-ring (bicyclic) bond motifs is 2. The van der Waals surface area contributed by atoms with Crippen molar-refractivity contribution in [2.24, 2.45) is 0 Å². The summed E-state index contributed by atoms with van der Waals surface area (Å²) < 4.78 is 32.4. The molecular formula is C41H40F2N10O6. The van der Waals surface area contributed by atoms with Crippen LogP contribution in [0.15, 0.2) is 89.9 Å². The molecule has 1 fully saturated rings. The molecule has 1 atom stereocenters. The number of aliphatic hydroxyl groups is 3. The molecule has 5 heterocycles. The number of nitrogens with zero attached hydrogens (tertiary/aromatic N) is 8. The Balaban J connectivity index is 0.939. The molecule has 6 aromatic rings. The van der Waals surface area contributed by atoms with Crippen molar-refractivity contribution >= 4 is 46.0 Å². The molecule has 2 aliphatic heterocycles. The number of anilines is 4. The van der Waals surface area contributed by atoms with Crippen molar-refractivity contribution in [1.82, 2.24) is 34.5 Å². The number of amides is 3. The molecule has 3 aromatic heterocycles. The average molecular weight is 807 g/mol. The van der Waals surface area contributed by atoms with Crippen LogP contribution >= 0.6 is 0 Å². The van der Waals surface area contributed by atoms with Crippen LogP contribution < -0.4 is 26.0 Å². The number of aromatic nitrogens is 5. The van der Waals surface area contributed by atoms with Gasteiger partial charge in [0.25, 0.3) is 11.5 Å². The van der Waals surface area contributed by atoms with Gasteiger partial charge >= 0.3 is 6.03 Å². The zero-order valence-electron chi connectivity index (χ0n) is 32.0. The molecule has 5 N–H and O–H groups in total. The van der Waals surface area contributed by atoms with Crippen molar-refractivity contribution < 1.29 is 33.7 Å². The van der Waals surface area contributed by atoms with Gasteiger partial charge in [-0.3, -0.25) is 14.5 Å². The molecule has 0 spiro atoms. The maximum atomic E-state index is 15.1. The lowest BCUT2D eigenvalue weighted by molar-refractivity contribution is 0.0733. The summed E-state index contributed by atoms with van der Waals surface area (Å²) in [7, 11) is 0. The van der Waals surface area contributed by atoms with Gasteiger partial charge in [-0.05, 0) is 80.1 Å². The third kappa shape index (κ3) is 7.55. The number of carbonyl (C=O) groups excluding carboxylic acids is 2. The largest absolute Gasteiger partial charge is 0.394 e. The molecule has 8 rings (SSSR count). The van der Waals surface area contributed by atoms with E-state index in [9.17, 15) is 34.1 Å². The maximum absolute atomic E-state index is 15.1. The average Bonchev–Trinajstić information content (AvgIpc) is 3.49. The van der Waals surface area contributed by atoms with Crippen LogP contribution in [0.4, 0.5) is 36.6 Å². The molecule has 2 aliphatic rings. The molecule has 3 amide bonds. The van der Waals surface area contributed by atoms with E-state index in [1.807, 2.05) is 24.3 Å². The van der Waals surface area contributed by atoms with E-state index in [2.05, 4.69) is 30.5 Å². The van der Waals surface area contributed by atoms with E-state index in [0.717, 1.165) is 5.69 Å². The van der Waals surface area contributed by atoms with Crippen LogP contribution in [0.25, 0.3) is 16.9 Å². The Morgan fingerprint density at radius 1 is 0.949 bits per heavy atom. The van der Waals surface area contributed by atoms with E-state index >= 15 is 4.39 Å². The fourth-order valence-corrected chi connectivity index (χ4v) is 7.31. The van der Waals surface area contributed by atoms with Crippen molar-refractivity contribution in [3.05, 3.63) is 129 Å². The first-order valence-corrected chi connectivity index (χ1v) is 18.8. The number of hydrogen-bond donors (Lipinski definition) is 5. The number of carbonyl (C=O) groups is 2. The first kappa shape index (κ1) is 39.1. The van der Waals surface area contributed by atoms with Crippen LogP contribution in [0.2, 0.25) is 0 Å². The zero-order chi connectivity index (χ0) is 41.6. The van der Waals surface area contributed by atoms with Crippen molar-refractivity contribution in [3.8, 4) is 5.82 Å². The molecule has 0 saturated carbocycles. The second-order valence-electron chi connectivity index (χ2n) is 14.7. The van der Waals surface area contributed by atoms with E-state index < -0.39 is 41.0 Å². The summed E-state index contributed by atoms with van der Waals surface area (Å²) in [5.41, 5.74) is 0.940. The lowest BCUT2D eigenvalue weighted by Crippen LogP contribution is -2.49. The summed E-state index contributed by atoms with van der Waals surface area (Å²) in [6, 6.07) is 20.0. The van der Waals surface area contributed by atoms with Gasteiger partial charge in [0.05, 0.1) is 42.2 Å². The maximum Gasteiger partial charge on any atom is 0.324 e. The first-order chi connectivity index (χ1) is 28.3. The first-order valence-electron chi connectivity index (χ1n) is 18.8. The second kappa shape index (κ2) is 15.5. The summed E-state index contributed by atoms with van der Waals surface area (Å²) in [6.45, 7) is 4.39. The number of nitrogens with one attached hydrogen (secondary N) is 2. The minimum atomic E-state index is -1.51. The Kier molecular flexibility index (Phi) is 10.3. The van der Waals surface area contributed by atoms with Crippen molar-refractivity contribution in [2.75, 3.05) is 47.9 Å². The molecule has 1 unspecified atom stereocenters. The van der Waals surface area contributed by atoms with Crippen molar-refractivity contribution in [2.45, 2.75) is 38.8 Å². The highest BCUT2D eigenvalue weighted by atomic mass is 19.1. The predicted octanol–water partition coefficient (Wildman–Crippen LogP) is 3.90.